The van der Waals surface area contributed by atoms with Crippen molar-refractivity contribution in [3.8, 4) is 0 Å². The van der Waals surface area contributed by atoms with E-state index in [0.29, 0.717) is 19.3 Å². The van der Waals surface area contributed by atoms with Crippen LogP contribution in [0.4, 0.5) is 0 Å². The van der Waals surface area contributed by atoms with E-state index in [4.69, 9.17) is 14.2 Å². The summed E-state index contributed by atoms with van der Waals surface area (Å²) in [6, 6.07) is -1.05. The average molecular weight is 1110 g/mol. The molecule has 0 radical (unpaired) electrons. The van der Waals surface area contributed by atoms with Gasteiger partial charge in [0.2, 0.25) is 5.91 Å². The normalized spacial score (nSPS) is 19.5. The maximum Gasteiger partial charge on any atom is 0.306 e. The van der Waals surface area contributed by atoms with E-state index in [-0.39, 0.29) is 19.4 Å². The summed E-state index contributed by atoms with van der Waals surface area (Å²) in [5, 5.41) is 57.0. The largest absolute Gasteiger partial charge is 0.454 e. The predicted octanol–water partition coefficient (Wildman–Crippen LogP) is 15.5. The van der Waals surface area contributed by atoms with E-state index in [1.807, 2.05) is 12.2 Å². The molecule has 0 spiro atoms. The van der Waals surface area contributed by atoms with Crippen LogP contribution in [0.5, 0.6) is 0 Å². The predicted molar refractivity (Wildman–Crippen MR) is 329 cm³/mol. The third-order valence-corrected chi connectivity index (χ3v) is 14.5. The van der Waals surface area contributed by atoms with Crippen LogP contribution in [0.1, 0.15) is 258 Å². The average Bonchev–Trinajstić information content (AvgIpc) is 3.49. The van der Waals surface area contributed by atoms with Crippen molar-refractivity contribution >= 4 is 11.9 Å². The van der Waals surface area contributed by atoms with Gasteiger partial charge in [0, 0.05) is 6.42 Å². The van der Waals surface area contributed by atoms with Gasteiger partial charge in [-0.2, -0.15) is 0 Å². The number of hydrogen-bond acceptors (Lipinski definition) is 10. The summed E-state index contributed by atoms with van der Waals surface area (Å²) < 4.78 is 17.6. The quantitative estimate of drug-likeness (QED) is 0.0195. The molecule has 1 amide bonds. The molecule has 1 aliphatic rings. The minimum Gasteiger partial charge on any atom is -0.454 e. The molecule has 1 heterocycles. The van der Waals surface area contributed by atoms with Crippen molar-refractivity contribution < 1.29 is 49.3 Å². The lowest BCUT2D eigenvalue weighted by Gasteiger charge is -2.41. The Morgan fingerprint density at radius 2 is 0.873 bits per heavy atom. The molecule has 8 unspecified atom stereocenters. The van der Waals surface area contributed by atoms with Gasteiger partial charge in [-0.05, 0) is 103 Å². The maximum atomic E-state index is 13.4. The standard InChI is InChI=1S/C68H117NO10/c1-4-7-10-13-16-19-22-25-27-29-30-31-33-34-37-40-43-46-49-52-55-61(72)67(76)69-59(60(71)54-51-48-45-42-39-36-24-21-18-15-12-9-6-3)58-77-68-66(65(75)64(74)62(57-70)78-68)79-63(73)56-53-50-47-44-41-38-35-32-28-26-23-20-17-14-11-8-5-2/h16-17,19-20,25-28,30-31,35,38,44,47,51,54,59-62,64-66,68,70-72,74-75H,4-15,18,21-24,29,32-34,36-37,39-43,45-46,48-50,52-53,55-58H2,1-3H3,(H,69,76)/b19-16-,20-17-,27-25-,28-26-,31-30-,38-35-,47-44-,54-51+. The van der Waals surface area contributed by atoms with Crippen molar-refractivity contribution in [2.75, 3.05) is 13.2 Å². The summed E-state index contributed by atoms with van der Waals surface area (Å²) in [5.41, 5.74) is 0. The minimum absolute atomic E-state index is 0.0427. The topological polar surface area (TPSA) is 175 Å². The number of aliphatic hydroxyl groups is 5. The number of nitrogens with one attached hydrogen (secondary N) is 1. The van der Waals surface area contributed by atoms with Gasteiger partial charge in [0.15, 0.2) is 12.4 Å². The third-order valence-electron chi connectivity index (χ3n) is 14.5. The van der Waals surface area contributed by atoms with Gasteiger partial charge in [0.1, 0.15) is 24.4 Å². The van der Waals surface area contributed by atoms with Crippen LogP contribution in [-0.4, -0.2) is 99.6 Å². The molecule has 0 saturated carbocycles. The van der Waals surface area contributed by atoms with E-state index in [9.17, 15) is 35.1 Å². The zero-order valence-electron chi connectivity index (χ0n) is 50.2. The molecule has 1 saturated heterocycles. The van der Waals surface area contributed by atoms with Gasteiger partial charge in [-0.15, -0.1) is 0 Å². The number of ether oxygens (including phenoxy) is 3. The molecular weight excluding hydrogens is 991 g/mol. The highest BCUT2D eigenvalue weighted by atomic mass is 16.7. The number of allylic oxidation sites excluding steroid dienone is 15. The highest BCUT2D eigenvalue weighted by molar-refractivity contribution is 5.80. The number of rotatable bonds is 53. The molecule has 6 N–H and O–H groups in total. The van der Waals surface area contributed by atoms with Crippen LogP contribution in [0, 0.1) is 0 Å². The summed E-state index contributed by atoms with van der Waals surface area (Å²) in [4.78, 5) is 26.6. The summed E-state index contributed by atoms with van der Waals surface area (Å²) in [6.07, 6.45) is 63.0. The Kier molecular flexibility index (Phi) is 51.4. The molecule has 11 nitrogen and oxygen atoms in total. The SMILES string of the molecule is CCCCC/C=C\C/C=C\C/C=C\C/C=C\CCCC(=O)OC1C(OCC(NC(=O)C(O)CCCCCCCCC/C=C\C/C=C\C/C=C\CCCCC)C(O)/C=C/CCCCCCCCCCCCC)OC(CO)C(O)C1O. The molecule has 0 bridgehead atoms. The van der Waals surface area contributed by atoms with E-state index in [2.05, 4.69) is 105 Å². The van der Waals surface area contributed by atoms with Crippen LogP contribution in [0.2, 0.25) is 0 Å². The summed E-state index contributed by atoms with van der Waals surface area (Å²) in [7, 11) is 0. The van der Waals surface area contributed by atoms with Crippen molar-refractivity contribution in [2.24, 2.45) is 0 Å². The molecule has 1 rings (SSSR count). The number of unbranched alkanes of at least 4 members (excludes halogenated alkanes) is 25. The van der Waals surface area contributed by atoms with Gasteiger partial charge < -0.3 is 45.1 Å². The minimum atomic E-state index is -1.64. The zero-order valence-corrected chi connectivity index (χ0v) is 50.2. The fourth-order valence-electron chi connectivity index (χ4n) is 9.36. The van der Waals surface area contributed by atoms with Crippen LogP contribution in [0.25, 0.3) is 0 Å². The molecule has 0 aliphatic carbocycles. The van der Waals surface area contributed by atoms with Crippen LogP contribution in [-0.2, 0) is 23.8 Å². The van der Waals surface area contributed by atoms with E-state index in [1.165, 1.54) is 109 Å². The van der Waals surface area contributed by atoms with Crippen LogP contribution in [0.15, 0.2) is 97.2 Å². The first-order chi connectivity index (χ1) is 38.7. The van der Waals surface area contributed by atoms with Gasteiger partial charge in [-0.1, -0.05) is 246 Å². The first-order valence-corrected chi connectivity index (χ1v) is 32.0. The van der Waals surface area contributed by atoms with Crippen molar-refractivity contribution in [2.45, 2.75) is 307 Å². The van der Waals surface area contributed by atoms with E-state index in [1.54, 1.807) is 6.08 Å². The first kappa shape index (κ1) is 73.6. The van der Waals surface area contributed by atoms with Gasteiger partial charge >= 0.3 is 5.97 Å². The fraction of sp³-hybridized carbons (Fsp3) is 0.735. The second kappa shape index (κ2) is 55.1. The molecule has 0 aromatic heterocycles. The second-order valence-electron chi connectivity index (χ2n) is 21.8. The van der Waals surface area contributed by atoms with Crippen LogP contribution < -0.4 is 5.32 Å². The molecule has 0 aromatic rings. The van der Waals surface area contributed by atoms with E-state index < -0.39 is 67.4 Å². The maximum absolute atomic E-state index is 13.4. The number of aliphatic hydroxyl groups excluding tert-OH is 5. The lowest BCUT2D eigenvalue weighted by atomic mass is 9.99. The summed E-state index contributed by atoms with van der Waals surface area (Å²) >= 11 is 0. The Morgan fingerprint density at radius 3 is 1.33 bits per heavy atom. The Morgan fingerprint density at radius 1 is 0.494 bits per heavy atom. The second-order valence-corrected chi connectivity index (χ2v) is 21.8. The highest BCUT2D eigenvalue weighted by Crippen LogP contribution is 2.26. The molecular formula is C68H117NO10. The molecule has 8 atom stereocenters. The van der Waals surface area contributed by atoms with Crippen LogP contribution in [0.3, 0.4) is 0 Å². The van der Waals surface area contributed by atoms with E-state index in [0.717, 1.165) is 96.3 Å². The lowest BCUT2D eigenvalue weighted by molar-refractivity contribution is -0.305. The van der Waals surface area contributed by atoms with Crippen molar-refractivity contribution in [1.29, 1.82) is 0 Å². The van der Waals surface area contributed by atoms with Gasteiger partial charge in [0.05, 0.1) is 25.4 Å². The Hall–Kier alpha value is -3.42. The summed E-state index contributed by atoms with van der Waals surface area (Å²) in [5.74, 6) is -1.26. The number of esters is 1. The van der Waals surface area contributed by atoms with Crippen LogP contribution >= 0.6 is 0 Å². The smallest absolute Gasteiger partial charge is 0.306 e. The monoisotopic (exact) mass is 1110 g/mol. The Bertz CT molecular complexity index is 1650. The zero-order chi connectivity index (χ0) is 57.5. The van der Waals surface area contributed by atoms with Gasteiger partial charge in [0.25, 0.3) is 0 Å². The van der Waals surface area contributed by atoms with Crippen molar-refractivity contribution in [3.63, 3.8) is 0 Å². The Labute approximate surface area is 482 Å². The number of carbonyl (C=O) groups excluding carboxylic acids is 2. The third kappa shape index (κ3) is 43.0. The molecule has 79 heavy (non-hydrogen) atoms. The number of amides is 1. The molecule has 1 fully saturated rings. The molecule has 11 heteroatoms. The van der Waals surface area contributed by atoms with Crippen molar-refractivity contribution in [1.82, 2.24) is 5.32 Å². The Balaban J connectivity index is 2.72. The number of carbonyl (C=O) groups is 2. The molecule has 1 aliphatic heterocycles. The van der Waals surface area contributed by atoms with Gasteiger partial charge in [-0.25, -0.2) is 0 Å². The van der Waals surface area contributed by atoms with E-state index >= 15 is 0 Å². The van der Waals surface area contributed by atoms with Crippen molar-refractivity contribution in [3.05, 3.63) is 97.2 Å². The molecule has 454 valence electrons. The fourth-order valence-corrected chi connectivity index (χ4v) is 9.36. The highest BCUT2D eigenvalue weighted by Gasteiger charge is 2.47. The molecule has 0 aromatic carbocycles. The first-order valence-electron chi connectivity index (χ1n) is 32.0. The lowest BCUT2D eigenvalue weighted by Crippen LogP contribution is -2.61. The summed E-state index contributed by atoms with van der Waals surface area (Å²) in [6.45, 7) is 5.70. The number of hydrogen-bond donors (Lipinski definition) is 6. The van der Waals surface area contributed by atoms with Gasteiger partial charge in [-0.3, -0.25) is 9.59 Å².